The number of rotatable bonds is 3. The molecule has 0 radical (unpaired) electrons. The van der Waals surface area contributed by atoms with Crippen LogP contribution in [0.25, 0.3) is 0 Å². The topological polar surface area (TPSA) is 32.7 Å². The van der Waals surface area contributed by atoms with Gasteiger partial charge in [0.2, 0.25) is 0 Å². The maximum Gasteiger partial charge on any atom is 0.165 e. The van der Waals surface area contributed by atoms with Crippen LogP contribution in [0.15, 0.2) is 12.1 Å². The Morgan fingerprint density at radius 1 is 1.50 bits per heavy atom. The first kappa shape index (κ1) is 10.9. The summed E-state index contributed by atoms with van der Waals surface area (Å²) in [5.41, 5.74) is 1.64. The largest absolute Gasteiger partial charge is 0.494 e. The van der Waals surface area contributed by atoms with Gasteiger partial charge in [-0.3, -0.25) is 0 Å². The predicted molar refractivity (Wildman–Crippen MR) is 50.9 cm³/mol. The second-order valence-electron chi connectivity index (χ2n) is 3.23. The summed E-state index contributed by atoms with van der Waals surface area (Å²) >= 11 is 0. The van der Waals surface area contributed by atoms with Crippen LogP contribution in [0.3, 0.4) is 0 Å². The third-order valence-corrected chi connectivity index (χ3v) is 2.01. The first-order valence-electron chi connectivity index (χ1n) is 4.27. The van der Waals surface area contributed by atoms with E-state index < -0.39 is 5.82 Å². The first-order chi connectivity index (χ1) is 6.54. The second kappa shape index (κ2) is 4.39. The van der Waals surface area contributed by atoms with Crippen molar-refractivity contribution < 1.29 is 14.3 Å². The zero-order chi connectivity index (χ0) is 10.7. The molecule has 0 bridgehead atoms. The Hall–Kier alpha value is -1.13. The van der Waals surface area contributed by atoms with Gasteiger partial charge in [0.15, 0.2) is 11.6 Å². The summed E-state index contributed by atoms with van der Waals surface area (Å²) in [4.78, 5) is 0. The molecule has 0 spiro atoms. The molecule has 0 fully saturated rings. The van der Waals surface area contributed by atoms with Crippen LogP contribution in [0.4, 0.5) is 4.39 Å². The van der Waals surface area contributed by atoms with Crippen LogP contribution in [0.5, 0.6) is 5.75 Å². The molecule has 0 unspecified atom stereocenters. The van der Waals surface area contributed by atoms with Gasteiger partial charge < -0.3 is 9.94 Å². The second-order valence-corrected chi connectivity index (χ2v) is 3.23. The first-order valence-corrected chi connectivity index (χ1v) is 4.27. The normalized spacial score (nSPS) is 10.7. The molecular formula is C10H14FNO2. The Labute approximate surface area is 82.7 Å². The molecule has 1 aromatic carbocycles. The van der Waals surface area contributed by atoms with Crippen LogP contribution in [0.2, 0.25) is 0 Å². The van der Waals surface area contributed by atoms with Crippen molar-refractivity contribution in [1.29, 1.82) is 0 Å². The highest BCUT2D eigenvalue weighted by Gasteiger charge is 2.08. The quantitative estimate of drug-likeness (QED) is 0.755. The van der Waals surface area contributed by atoms with Crippen molar-refractivity contribution in [1.82, 2.24) is 5.06 Å². The van der Waals surface area contributed by atoms with E-state index in [1.807, 2.05) is 6.92 Å². The summed E-state index contributed by atoms with van der Waals surface area (Å²) < 4.78 is 18.1. The zero-order valence-corrected chi connectivity index (χ0v) is 8.54. The maximum absolute atomic E-state index is 13.3. The van der Waals surface area contributed by atoms with Crippen LogP contribution in [-0.2, 0) is 6.54 Å². The highest BCUT2D eigenvalue weighted by Crippen LogP contribution is 2.22. The molecule has 3 nitrogen and oxygen atoms in total. The van der Waals surface area contributed by atoms with Gasteiger partial charge in [-0.2, -0.15) is 5.06 Å². The van der Waals surface area contributed by atoms with Crippen molar-refractivity contribution in [2.75, 3.05) is 14.2 Å². The molecule has 0 aliphatic rings. The third-order valence-electron chi connectivity index (χ3n) is 2.01. The van der Waals surface area contributed by atoms with E-state index in [4.69, 9.17) is 9.94 Å². The molecular weight excluding hydrogens is 185 g/mol. The fourth-order valence-electron chi connectivity index (χ4n) is 1.27. The average molecular weight is 199 g/mol. The number of hydrogen-bond acceptors (Lipinski definition) is 3. The van der Waals surface area contributed by atoms with Gasteiger partial charge in [-0.1, -0.05) is 0 Å². The summed E-state index contributed by atoms with van der Waals surface area (Å²) in [6.07, 6.45) is 0. The molecule has 0 amide bonds. The summed E-state index contributed by atoms with van der Waals surface area (Å²) in [6, 6.07) is 3.00. The lowest BCUT2D eigenvalue weighted by Crippen LogP contribution is -2.13. The minimum atomic E-state index is -0.407. The number of hydroxylamine groups is 2. The summed E-state index contributed by atoms with van der Waals surface area (Å²) in [5, 5.41) is 10.0. The molecule has 1 rings (SSSR count). The van der Waals surface area contributed by atoms with E-state index >= 15 is 0 Å². The van der Waals surface area contributed by atoms with Gasteiger partial charge in [-0.15, -0.1) is 0 Å². The van der Waals surface area contributed by atoms with Crippen LogP contribution >= 0.6 is 0 Å². The van der Waals surface area contributed by atoms with Gasteiger partial charge in [0, 0.05) is 13.6 Å². The van der Waals surface area contributed by atoms with Crippen molar-refractivity contribution in [3.05, 3.63) is 29.1 Å². The lowest BCUT2D eigenvalue weighted by molar-refractivity contribution is -0.0733. The minimum absolute atomic E-state index is 0.229. The number of aryl methyl sites for hydroxylation is 1. The standard InChI is InChI=1S/C10H14FNO2/c1-7-4-10(14-3)9(11)5-8(7)6-12(2)13/h4-5,13H,6H2,1-3H3. The molecule has 0 aliphatic heterocycles. The number of hydrogen-bond donors (Lipinski definition) is 1. The summed E-state index contributed by atoms with van der Waals surface area (Å²) in [5.74, 6) is -0.179. The van der Waals surface area contributed by atoms with E-state index in [2.05, 4.69) is 0 Å². The van der Waals surface area contributed by atoms with Gasteiger partial charge >= 0.3 is 0 Å². The SMILES string of the molecule is COc1cc(C)c(CN(C)O)cc1F. The lowest BCUT2D eigenvalue weighted by atomic mass is 10.1. The van der Waals surface area contributed by atoms with Crippen molar-refractivity contribution in [2.24, 2.45) is 0 Å². The van der Waals surface area contributed by atoms with Gasteiger partial charge in [0.25, 0.3) is 0 Å². The Bertz CT molecular complexity index is 326. The van der Waals surface area contributed by atoms with Crippen molar-refractivity contribution >= 4 is 0 Å². The number of nitrogens with zero attached hydrogens (tertiary/aromatic N) is 1. The highest BCUT2D eigenvalue weighted by atomic mass is 19.1. The molecule has 4 heteroatoms. The van der Waals surface area contributed by atoms with Crippen LogP contribution < -0.4 is 4.74 Å². The van der Waals surface area contributed by atoms with E-state index in [0.29, 0.717) is 6.54 Å². The van der Waals surface area contributed by atoms with E-state index in [9.17, 15) is 4.39 Å². The smallest absolute Gasteiger partial charge is 0.165 e. The molecule has 0 saturated heterocycles. The molecule has 1 N–H and O–H groups in total. The van der Waals surface area contributed by atoms with Crippen LogP contribution in [-0.4, -0.2) is 24.4 Å². The average Bonchev–Trinajstić information content (AvgIpc) is 2.10. The van der Waals surface area contributed by atoms with E-state index in [0.717, 1.165) is 16.2 Å². The summed E-state index contributed by atoms with van der Waals surface area (Å²) in [6.45, 7) is 2.15. The maximum atomic E-state index is 13.3. The Kier molecular flexibility index (Phi) is 3.43. The van der Waals surface area contributed by atoms with Crippen molar-refractivity contribution in [3.8, 4) is 5.75 Å². The monoisotopic (exact) mass is 199 g/mol. The van der Waals surface area contributed by atoms with Crippen LogP contribution in [0, 0.1) is 12.7 Å². The zero-order valence-electron chi connectivity index (χ0n) is 8.54. The molecule has 0 aromatic heterocycles. The fourth-order valence-corrected chi connectivity index (χ4v) is 1.27. The highest BCUT2D eigenvalue weighted by molar-refractivity contribution is 5.36. The van der Waals surface area contributed by atoms with Gasteiger partial charge in [-0.05, 0) is 30.2 Å². The third kappa shape index (κ3) is 2.43. The Morgan fingerprint density at radius 3 is 2.64 bits per heavy atom. The predicted octanol–water partition coefficient (Wildman–Crippen LogP) is 1.96. The number of methoxy groups -OCH3 is 1. The van der Waals surface area contributed by atoms with Gasteiger partial charge in [0.05, 0.1) is 7.11 Å². The van der Waals surface area contributed by atoms with Gasteiger partial charge in [0.1, 0.15) is 0 Å². The molecule has 0 heterocycles. The van der Waals surface area contributed by atoms with Gasteiger partial charge in [-0.25, -0.2) is 4.39 Å². The van der Waals surface area contributed by atoms with E-state index in [-0.39, 0.29) is 5.75 Å². The van der Waals surface area contributed by atoms with Crippen molar-refractivity contribution in [3.63, 3.8) is 0 Å². The van der Waals surface area contributed by atoms with Crippen LogP contribution in [0.1, 0.15) is 11.1 Å². The van der Waals surface area contributed by atoms with E-state index in [1.165, 1.54) is 20.2 Å². The lowest BCUT2D eigenvalue weighted by Gasteiger charge is -2.12. The fraction of sp³-hybridized carbons (Fsp3) is 0.400. The molecule has 14 heavy (non-hydrogen) atoms. The molecule has 1 aromatic rings. The van der Waals surface area contributed by atoms with E-state index in [1.54, 1.807) is 6.07 Å². The minimum Gasteiger partial charge on any atom is -0.494 e. The summed E-state index contributed by atoms with van der Waals surface area (Å²) in [7, 11) is 2.94. The Balaban J connectivity index is 3.02. The molecule has 0 atom stereocenters. The van der Waals surface area contributed by atoms with Crippen molar-refractivity contribution in [2.45, 2.75) is 13.5 Å². The molecule has 78 valence electrons. The Morgan fingerprint density at radius 2 is 2.14 bits per heavy atom. The number of halogens is 1. The molecule has 0 aliphatic carbocycles. The molecule has 0 saturated carbocycles. The number of benzene rings is 1. The number of ether oxygens (including phenoxy) is 1.